The molecule has 2 nitrogen and oxygen atoms in total. The molecule has 0 saturated carbocycles. The molecule has 0 aliphatic carbocycles. The molecule has 2 heteroatoms. The van der Waals surface area contributed by atoms with E-state index in [-0.39, 0.29) is 5.97 Å². The van der Waals surface area contributed by atoms with Crippen LogP contribution < -0.4 is 0 Å². The van der Waals surface area contributed by atoms with Gasteiger partial charge in [0.1, 0.15) is 0 Å². The van der Waals surface area contributed by atoms with Gasteiger partial charge in [-0.3, -0.25) is 0 Å². The van der Waals surface area contributed by atoms with Crippen LogP contribution in [-0.2, 0) is 9.53 Å². The minimum absolute atomic E-state index is 0.269. The lowest BCUT2D eigenvalue weighted by molar-refractivity contribution is -0.137. The fourth-order valence-electron chi connectivity index (χ4n) is 0.326. The Hall–Kier alpha value is -0.790. The summed E-state index contributed by atoms with van der Waals surface area (Å²) in [4.78, 5) is 10.3. The highest BCUT2D eigenvalue weighted by Gasteiger charge is 1.88. The SMILES string of the molecule is C/C=C\C(=O)OCC. The second-order valence-electron chi connectivity index (χ2n) is 1.25. The predicted octanol–water partition coefficient (Wildman–Crippen LogP) is 1.13. The second kappa shape index (κ2) is 4.37. The van der Waals surface area contributed by atoms with Crippen molar-refractivity contribution in [3.05, 3.63) is 12.2 Å². The van der Waals surface area contributed by atoms with Crippen LogP contribution in [0.15, 0.2) is 12.2 Å². The first-order valence-electron chi connectivity index (χ1n) is 2.60. The summed E-state index contributed by atoms with van der Waals surface area (Å²) in [6.45, 7) is 4.00. The fourth-order valence-corrected chi connectivity index (χ4v) is 0.326. The van der Waals surface area contributed by atoms with Crippen molar-refractivity contribution >= 4 is 5.97 Å². The first-order chi connectivity index (χ1) is 3.81. The van der Waals surface area contributed by atoms with Crippen LogP contribution in [0.25, 0.3) is 0 Å². The van der Waals surface area contributed by atoms with Gasteiger partial charge in [0, 0.05) is 6.08 Å². The molecular weight excluding hydrogens is 104 g/mol. The van der Waals surface area contributed by atoms with Crippen LogP contribution in [0.3, 0.4) is 0 Å². The highest BCUT2D eigenvalue weighted by Crippen LogP contribution is 1.78. The molecule has 0 fully saturated rings. The Balaban J connectivity index is 3.33. The van der Waals surface area contributed by atoms with Crippen molar-refractivity contribution in [2.24, 2.45) is 0 Å². The third-order valence-electron chi connectivity index (χ3n) is 0.589. The molecule has 0 aromatic heterocycles. The number of rotatable bonds is 2. The van der Waals surface area contributed by atoms with Crippen molar-refractivity contribution in [3.8, 4) is 0 Å². The van der Waals surface area contributed by atoms with Crippen LogP contribution in [0.4, 0.5) is 0 Å². The van der Waals surface area contributed by atoms with E-state index in [0.717, 1.165) is 0 Å². The molecule has 0 heterocycles. The molecule has 0 saturated heterocycles. The maximum atomic E-state index is 10.3. The van der Waals surface area contributed by atoms with Gasteiger partial charge < -0.3 is 4.74 Å². The first kappa shape index (κ1) is 7.21. The molecule has 0 atom stereocenters. The van der Waals surface area contributed by atoms with Crippen LogP contribution >= 0.6 is 0 Å². The monoisotopic (exact) mass is 114 g/mol. The molecule has 0 spiro atoms. The summed E-state index contributed by atoms with van der Waals surface area (Å²) in [6, 6.07) is 0. The van der Waals surface area contributed by atoms with Crippen molar-refractivity contribution in [2.45, 2.75) is 13.8 Å². The van der Waals surface area contributed by atoms with Crippen LogP contribution in [0.1, 0.15) is 13.8 Å². The summed E-state index contributed by atoms with van der Waals surface area (Å²) < 4.78 is 4.56. The summed E-state index contributed by atoms with van der Waals surface area (Å²) >= 11 is 0. The molecule has 0 radical (unpaired) electrons. The summed E-state index contributed by atoms with van der Waals surface area (Å²) in [5, 5.41) is 0. The van der Waals surface area contributed by atoms with E-state index in [0.29, 0.717) is 6.61 Å². The van der Waals surface area contributed by atoms with Gasteiger partial charge in [-0.25, -0.2) is 4.79 Å². The Morgan fingerprint density at radius 1 is 1.75 bits per heavy atom. The summed E-state index contributed by atoms with van der Waals surface area (Å²) in [5.41, 5.74) is 0. The molecule has 0 amide bonds. The predicted molar refractivity (Wildman–Crippen MR) is 31.4 cm³/mol. The molecule has 0 unspecified atom stereocenters. The van der Waals surface area contributed by atoms with E-state index < -0.39 is 0 Å². The number of esters is 1. The first-order valence-corrected chi connectivity index (χ1v) is 2.60. The normalized spacial score (nSPS) is 9.75. The Labute approximate surface area is 49.1 Å². The molecule has 8 heavy (non-hydrogen) atoms. The zero-order valence-electron chi connectivity index (χ0n) is 5.18. The second-order valence-corrected chi connectivity index (χ2v) is 1.25. The molecule has 46 valence electrons. The fraction of sp³-hybridized carbons (Fsp3) is 0.500. The average molecular weight is 114 g/mol. The van der Waals surface area contributed by atoms with Crippen LogP contribution in [0, 0.1) is 0 Å². The Kier molecular flexibility index (Phi) is 3.94. The maximum Gasteiger partial charge on any atom is 0.330 e. The quantitative estimate of drug-likeness (QED) is 0.397. The van der Waals surface area contributed by atoms with Crippen molar-refractivity contribution in [3.63, 3.8) is 0 Å². The molecule has 0 aromatic carbocycles. The molecular formula is C6H10O2. The van der Waals surface area contributed by atoms with Gasteiger partial charge in [0.15, 0.2) is 0 Å². The van der Waals surface area contributed by atoms with Crippen molar-refractivity contribution in [1.29, 1.82) is 0 Å². The largest absolute Gasteiger partial charge is 0.463 e. The third-order valence-corrected chi connectivity index (χ3v) is 0.589. The number of allylic oxidation sites excluding steroid dienone is 1. The van der Waals surface area contributed by atoms with Crippen molar-refractivity contribution < 1.29 is 9.53 Å². The van der Waals surface area contributed by atoms with E-state index in [9.17, 15) is 4.79 Å². The zero-order chi connectivity index (χ0) is 6.41. The number of ether oxygens (including phenoxy) is 1. The van der Waals surface area contributed by atoms with E-state index in [1.807, 2.05) is 0 Å². The molecule has 0 aromatic rings. The summed E-state index contributed by atoms with van der Waals surface area (Å²) in [7, 11) is 0. The number of hydrogen-bond acceptors (Lipinski definition) is 2. The Morgan fingerprint density at radius 2 is 2.38 bits per heavy atom. The van der Waals surface area contributed by atoms with Crippen LogP contribution in [0.5, 0.6) is 0 Å². The van der Waals surface area contributed by atoms with Gasteiger partial charge in [0.25, 0.3) is 0 Å². The van der Waals surface area contributed by atoms with Gasteiger partial charge in [0.2, 0.25) is 0 Å². The number of hydrogen-bond donors (Lipinski definition) is 0. The molecule has 0 aliphatic rings. The van der Waals surface area contributed by atoms with E-state index in [1.54, 1.807) is 19.9 Å². The maximum absolute atomic E-state index is 10.3. The van der Waals surface area contributed by atoms with Gasteiger partial charge in [0.05, 0.1) is 6.61 Å². The lowest BCUT2D eigenvalue weighted by Gasteiger charge is -1.91. The van der Waals surface area contributed by atoms with Gasteiger partial charge >= 0.3 is 5.97 Å². The van der Waals surface area contributed by atoms with Gasteiger partial charge in [-0.1, -0.05) is 6.08 Å². The standard InChI is InChI=1S/C6H10O2/c1-3-5-6(7)8-4-2/h3,5H,4H2,1-2H3/b5-3-. The van der Waals surface area contributed by atoms with Gasteiger partial charge in [-0.05, 0) is 13.8 Å². The smallest absolute Gasteiger partial charge is 0.330 e. The molecule has 0 bridgehead atoms. The zero-order valence-corrected chi connectivity index (χ0v) is 5.18. The summed E-state index contributed by atoms with van der Waals surface area (Å²) in [6.07, 6.45) is 3.04. The minimum Gasteiger partial charge on any atom is -0.463 e. The van der Waals surface area contributed by atoms with Gasteiger partial charge in [-0.15, -0.1) is 0 Å². The molecule has 0 N–H and O–H groups in total. The van der Waals surface area contributed by atoms with Gasteiger partial charge in [-0.2, -0.15) is 0 Å². The Morgan fingerprint density at radius 3 is 2.75 bits per heavy atom. The highest BCUT2D eigenvalue weighted by molar-refractivity contribution is 5.81. The van der Waals surface area contributed by atoms with E-state index in [4.69, 9.17) is 0 Å². The summed E-state index contributed by atoms with van der Waals surface area (Å²) in [5.74, 6) is -0.269. The highest BCUT2D eigenvalue weighted by atomic mass is 16.5. The minimum atomic E-state index is -0.269. The average Bonchev–Trinajstić information content (AvgIpc) is 1.68. The number of carbonyl (C=O) groups excluding carboxylic acids is 1. The van der Waals surface area contributed by atoms with Crippen molar-refractivity contribution in [2.75, 3.05) is 6.61 Å². The molecule has 0 aliphatic heterocycles. The van der Waals surface area contributed by atoms with E-state index in [2.05, 4.69) is 4.74 Å². The number of carbonyl (C=O) groups is 1. The lowest BCUT2D eigenvalue weighted by Crippen LogP contribution is -1.98. The Bertz CT molecular complexity index is 94.7. The van der Waals surface area contributed by atoms with Crippen LogP contribution in [-0.4, -0.2) is 12.6 Å². The van der Waals surface area contributed by atoms with Crippen LogP contribution in [0.2, 0.25) is 0 Å². The van der Waals surface area contributed by atoms with Crippen molar-refractivity contribution in [1.82, 2.24) is 0 Å². The van der Waals surface area contributed by atoms with E-state index >= 15 is 0 Å². The van der Waals surface area contributed by atoms with E-state index in [1.165, 1.54) is 6.08 Å². The third kappa shape index (κ3) is 3.40. The molecule has 0 rings (SSSR count). The lowest BCUT2D eigenvalue weighted by atomic mass is 10.5. The topological polar surface area (TPSA) is 26.3 Å².